The average Bonchev–Trinajstić information content (AvgIpc) is 3.20. The van der Waals surface area contributed by atoms with Crippen LogP contribution in [0.3, 0.4) is 0 Å². The molecule has 0 aliphatic carbocycles. The van der Waals surface area contributed by atoms with Crippen molar-refractivity contribution in [3.05, 3.63) is 72.1 Å². The summed E-state index contributed by atoms with van der Waals surface area (Å²) < 4.78 is 2.13. The topological polar surface area (TPSA) is 43.3 Å². The van der Waals surface area contributed by atoms with Crippen LogP contribution in [0.5, 0.6) is 0 Å². The molecule has 120 valence electrons. The first-order chi connectivity index (χ1) is 11.8. The lowest BCUT2D eigenvalue weighted by Gasteiger charge is -2.03. The second kappa shape index (κ2) is 6.23. The highest BCUT2D eigenvalue weighted by atomic mass is 32.1. The van der Waals surface area contributed by atoms with Crippen molar-refractivity contribution in [2.45, 2.75) is 19.9 Å². The summed E-state index contributed by atoms with van der Waals surface area (Å²) in [6.45, 7) is 2.63. The molecule has 4 aromatic rings. The molecule has 2 heterocycles. The van der Waals surface area contributed by atoms with Gasteiger partial charge in [-0.25, -0.2) is 4.98 Å². The Morgan fingerprint density at radius 3 is 2.42 bits per heavy atom. The number of rotatable bonds is 4. The van der Waals surface area contributed by atoms with E-state index in [1.807, 2.05) is 6.07 Å². The molecule has 0 spiro atoms. The number of hydrogen-bond donors (Lipinski definition) is 1. The number of imidazole rings is 1. The van der Waals surface area contributed by atoms with Gasteiger partial charge in [-0.2, -0.15) is 0 Å². The maximum atomic E-state index is 6.05. The van der Waals surface area contributed by atoms with Gasteiger partial charge in [0.15, 0.2) is 4.96 Å². The molecule has 0 radical (unpaired) electrons. The van der Waals surface area contributed by atoms with Crippen LogP contribution in [0.15, 0.2) is 60.8 Å². The summed E-state index contributed by atoms with van der Waals surface area (Å²) in [4.78, 5) is 7.06. The minimum Gasteiger partial charge on any atom is -0.325 e. The van der Waals surface area contributed by atoms with E-state index in [-0.39, 0.29) is 0 Å². The van der Waals surface area contributed by atoms with Crippen LogP contribution >= 0.6 is 11.3 Å². The lowest BCUT2D eigenvalue weighted by Crippen LogP contribution is -2.01. The Balaban J connectivity index is 1.81. The van der Waals surface area contributed by atoms with Crippen LogP contribution in [0.2, 0.25) is 0 Å². The van der Waals surface area contributed by atoms with Gasteiger partial charge in [0, 0.05) is 18.3 Å². The van der Waals surface area contributed by atoms with Crippen LogP contribution < -0.4 is 5.73 Å². The zero-order chi connectivity index (χ0) is 16.5. The maximum absolute atomic E-state index is 6.05. The number of aryl methyl sites for hydroxylation is 1. The van der Waals surface area contributed by atoms with E-state index in [2.05, 4.69) is 66.1 Å². The molecule has 2 aromatic heterocycles. The van der Waals surface area contributed by atoms with E-state index in [4.69, 9.17) is 10.7 Å². The first-order valence-electron chi connectivity index (χ1n) is 8.15. The molecule has 4 rings (SSSR count). The smallest absolute Gasteiger partial charge is 0.195 e. The molecule has 0 amide bonds. The van der Waals surface area contributed by atoms with E-state index >= 15 is 0 Å². The van der Waals surface area contributed by atoms with Crippen molar-refractivity contribution in [1.29, 1.82) is 0 Å². The standard InChI is InChI=1S/C20H19N3S/c1-2-14-8-10-16(11-9-14)19-17(12-21)23-13-18(24-20(23)22-19)15-6-4-3-5-7-15/h3-11,13H,2,12,21H2,1H3. The molecule has 0 saturated heterocycles. The lowest BCUT2D eigenvalue weighted by molar-refractivity contribution is 0.970. The number of thiazole rings is 1. The van der Waals surface area contributed by atoms with Gasteiger partial charge < -0.3 is 5.73 Å². The van der Waals surface area contributed by atoms with Crippen molar-refractivity contribution >= 4 is 16.3 Å². The number of aromatic nitrogens is 2. The molecule has 0 bridgehead atoms. The van der Waals surface area contributed by atoms with Gasteiger partial charge in [0.2, 0.25) is 0 Å². The minimum atomic E-state index is 0.469. The summed E-state index contributed by atoms with van der Waals surface area (Å²) in [6.07, 6.45) is 3.19. The highest BCUT2D eigenvalue weighted by molar-refractivity contribution is 7.20. The zero-order valence-electron chi connectivity index (χ0n) is 13.6. The number of nitrogens with zero attached hydrogens (tertiary/aromatic N) is 2. The normalized spacial score (nSPS) is 11.2. The van der Waals surface area contributed by atoms with E-state index in [9.17, 15) is 0 Å². The molecule has 4 heteroatoms. The predicted octanol–water partition coefficient (Wildman–Crippen LogP) is 4.75. The Kier molecular flexibility index (Phi) is 3.92. The zero-order valence-corrected chi connectivity index (χ0v) is 14.4. The fraction of sp³-hybridized carbons (Fsp3) is 0.150. The quantitative estimate of drug-likeness (QED) is 0.585. The van der Waals surface area contributed by atoms with Gasteiger partial charge in [-0.15, -0.1) is 0 Å². The molecular formula is C20H19N3S. The van der Waals surface area contributed by atoms with Crippen molar-refractivity contribution in [3.63, 3.8) is 0 Å². The molecule has 0 aliphatic rings. The highest BCUT2D eigenvalue weighted by Gasteiger charge is 2.16. The van der Waals surface area contributed by atoms with Crippen LogP contribution in [-0.4, -0.2) is 9.38 Å². The third-order valence-corrected chi connectivity index (χ3v) is 5.34. The van der Waals surface area contributed by atoms with Gasteiger partial charge in [0.05, 0.1) is 16.3 Å². The Morgan fingerprint density at radius 2 is 1.75 bits per heavy atom. The third kappa shape index (κ3) is 2.54. The SMILES string of the molecule is CCc1ccc(-c2nc3sc(-c4ccccc4)cn3c2CN)cc1. The second-order valence-corrected chi connectivity index (χ2v) is 6.78. The van der Waals surface area contributed by atoms with E-state index in [1.165, 1.54) is 16.0 Å². The summed E-state index contributed by atoms with van der Waals surface area (Å²) >= 11 is 1.70. The van der Waals surface area contributed by atoms with Crippen molar-refractivity contribution in [3.8, 4) is 21.7 Å². The third-order valence-electron chi connectivity index (χ3n) is 4.31. The summed E-state index contributed by atoms with van der Waals surface area (Å²) in [5, 5.41) is 0. The number of nitrogens with two attached hydrogens (primary N) is 1. The van der Waals surface area contributed by atoms with Crippen LogP contribution in [0, 0.1) is 0 Å². The molecule has 2 N–H and O–H groups in total. The summed E-state index contributed by atoms with van der Waals surface area (Å²) in [5.74, 6) is 0. The van der Waals surface area contributed by atoms with Crippen molar-refractivity contribution in [2.75, 3.05) is 0 Å². The maximum Gasteiger partial charge on any atom is 0.195 e. The molecule has 0 aliphatic heterocycles. The monoisotopic (exact) mass is 333 g/mol. The van der Waals surface area contributed by atoms with Crippen LogP contribution in [-0.2, 0) is 13.0 Å². The van der Waals surface area contributed by atoms with Crippen molar-refractivity contribution < 1.29 is 0 Å². The number of fused-ring (bicyclic) bond motifs is 1. The molecule has 3 nitrogen and oxygen atoms in total. The fourth-order valence-corrected chi connectivity index (χ4v) is 3.96. The second-order valence-electron chi connectivity index (χ2n) is 5.78. The summed E-state index contributed by atoms with van der Waals surface area (Å²) in [7, 11) is 0. The van der Waals surface area contributed by atoms with Crippen LogP contribution in [0.1, 0.15) is 18.2 Å². The molecule has 0 fully saturated rings. The highest BCUT2D eigenvalue weighted by Crippen LogP contribution is 2.33. The van der Waals surface area contributed by atoms with Crippen molar-refractivity contribution in [2.24, 2.45) is 5.73 Å². The Labute approximate surface area is 145 Å². The average molecular weight is 333 g/mol. The first kappa shape index (κ1) is 15.1. The Bertz CT molecular complexity index is 965. The largest absolute Gasteiger partial charge is 0.325 e. The first-order valence-corrected chi connectivity index (χ1v) is 8.97. The van der Waals surface area contributed by atoms with Crippen LogP contribution in [0.4, 0.5) is 0 Å². The Morgan fingerprint density at radius 1 is 1.00 bits per heavy atom. The van der Waals surface area contributed by atoms with Gasteiger partial charge in [-0.1, -0.05) is 72.9 Å². The van der Waals surface area contributed by atoms with Crippen LogP contribution in [0.25, 0.3) is 26.7 Å². The van der Waals surface area contributed by atoms with Gasteiger partial charge in [0.1, 0.15) is 0 Å². The number of hydrogen-bond acceptors (Lipinski definition) is 3. The van der Waals surface area contributed by atoms with E-state index in [1.54, 1.807) is 11.3 Å². The molecule has 0 unspecified atom stereocenters. The Hall–Kier alpha value is -2.43. The van der Waals surface area contributed by atoms with Gasteiger partial charge in [0.25, 0.3) is 0 Å². The molecular weight excluding hydrogens is 314 g/mol. The van der Waals surface area contributed by atoms with E-state index in [0.717, 1.165) is 28.3 Å². The fourth-order valence-electron chi connectivity index (χ4n) is 2.95. The van der Waals surface area contributed by atoms with E-state index < -0.39 is 0 Å². The van der Waals surface area contributed by atoms with Gasteiger partial charge >= 0.3 is 0 Å². The molecule has 24 heavy (non-hydrogen) atoms. The molecule has 0 atom stereocenters. The predicted molar refractivity (Wildman–Crippen MR) is 101 cm³/mol. The summed E-state index contributed by atoms with van der Waals surface area (Å²) in [5.41, 5.74) is 11.8. The van der Waals surface area contributed by atoms with Gasteiger partial charge in [-0.05, 0) is 17.5 Å². The number of benzene rings is 2. The molecule has 0 saturated carbocycles. The van der Waals surface area contributed by atoms with Crippen molar-refractivity contribution in [1.82, 2.24) is 9.38 Å². The minimum absolute atomic E-state index is 0.469. The molecule has 2 aromatic carbocycles. The summed E-state index contributed by atoms with van der Waals surface area (Å²) in [6, 6.07) is 19.0. The van der Waals surface area contributed by atoms with Gasteiger partial charge in [-0.3, -0.25) is 4.40 Å². The van der Waals surface area contributed by atoms with E-state index in [0.29, 0.717) is 6.54 Å². The lowest BCUT2D eigenvalue weighted by atomic mass is 10.1.